The quantitative estimate of drug-likeness (QED) is 0.708. The zero-order valence-corrected chi connectivity index (χ0v) is 9.86. The fourth-order valence-corrected chi connectivity index (χ4v) is 1.40. The van der Waals surface area contributed by atoms with Crippen molar-refractivity contribution in [2.75, 3.05) is 18.6 Å². The third-order valence-corrected chi connectivity index (χ3v) is 2.43. The molecule has 1 heterocycles. The predicted octanol–water partition coefficient (Wildman–Crippen LogP) is 0.850. The molecule has 0 radical (unpaired) electrons. The normalized spacial score (nSPS) is 10.3. The highest BCUT2D eigenvalue weighted by Crippen LogP contribution is 1.96. The first kappa shape index (κ1) is 12.0. The van der Waals surface area contributed by atoms with Crippen LogP contribution in [0.25, 0.3) is 0 Å². The molecule has 0 saturated carbocycles. The second-order valence-corrected chi connectivity index (χ2v) is 4.09. The summed E-state index contributed by atoms with van der Waals surface area (Å²) >= 11 is 1.69. The van der Waals surface area contributed by atoms with E-state index in [0.717, 1.165) is 24.4 Å². The molecule has 1 aromatic rings. The predicted molar refractivity (Wildman–Crippen MR) is 61.1 cm³/mol. The number of aromatic nitrogens is 3. The van der Waals surface area contributed by atoms with Gasteiger partial charge in [-0.2, -0.15) is 11.8 Å². The monoisotopic (exact) mass is 228 g/mol. The Balaban J connectivity index is 2.43. The Morgan fingerprint density at radius 2 is 2.40 bits per heavy atom. The largest absolute Gasteiger partial charge is 0.348 e. The van der Waals surface area contributed by atoms with E-state index in [1.165, 1.54) is 0 Å². The van der Waals surface area contributed by atoms with Crippen molar-refractivity contribution in [1.82, 2.24) is 20.5 Å². The molecule has 6 heteroatoms. The number of nitrogens with one attached hydrogen (secondary N) is 2. The summed E-state index contributed by atoms with van der Waals surface area (Å²) in [6.45, 7) is 2.71. The smallest absolute Gasteiger partial charge is 0.290 e. The van der Waals surface area contributed by atoms with Crippen LogP contribution in [-0.4, -0.2) is 39.6 Å². The van der Waals surface area contributed by atoms with Crippen LogP contribution in [0.15, 0.2) is 0 Å². The van der Waals surface area contributed by atoms with Crippen LogP contribution >= 0.6 is 11.8 Å². The molecule has 0 aliphatic rings. The average Bonchev–Trinajstić information content (AvgIpc) is 2.67. The van der Waals surface area contributed by atoms with E-state index in [1.54, 1.807) is 11.8 Å². The fraction of sp³-hybridized carbons (Fsp3) is 0.667. The third-order valence-electron chi connectivity index (χ3n) is 1.81. The minimum atomic E-state index is -0.206. The Hall–Kier alpha value is -1.04. The standard InChI is InChI=1S/C9H16N4OS/c1-3-4-7-11-8(13-12-7)9(14)10-5-6-15-2/h3-6H2,1-2H3,(H,10,14)(H,11,12,13). The number of hydrogen-bond donors (Lipinski definition) is 2. The summed E-state index contributed by atoms with van der Waals surface area (Å²) in [4.78, 5) is 15.6. The number of amides is 1. The number of rotatable bonds is 6. The van der Waals surface area contributed by atoms with Crippen LogP contribution in [0.5, 0.6) is 0 Å². The first-order valence-corrected chi connectivity index (χ1v) is 6.35. The summed E-state index contributed by atoms with van der Waals surface area (Å²) < 4.78 is 0. The molecule has 1 aromatic heterocycles. The Morgan fingerprint density at radius 1 is 1.60 bits per heavy atom. The lowest BCUT2D eigenvalue weighted by atomic mass is 10.3. The lowest BCUT2D eigenvalue weighted by Crippen LogP contribution is -2.26. The molecule has 0 aromatic carbocycles. The van der Waals surface area contributed by atoms with Crippen molar-refractivity contribution < 1.29 is 4.79 Å². The molecule has 0 aliphatic carbocycles. The number of aryl methyl sites for hydroxylation is 1. The van der Waals surface area contributed by atoms with E-state index in [4.69, 9.17) is 0 Å². The van der Waals surface area contributed by atoms with Crippen LogP contribution in [0.4, 0.5) is 0 Å². The fourth-order valence-electron chi connectivity index (χ4n) is 1.09. The second-order valence-electron chi connectivity index (χ2n) is 3.10. The minimum Gasteiger partial charge on any atom is -0.348 e. The van der Waals surface area contributed by atoms with Crippen LogP contribution in [-0.2, 0) is 6.42 Å². The van der Waals surface area contributed by atoms with Gasteiger partial charge in [-0.1, -0.05) is 6.92 Å². The Labute approximate surface area is 93.4 Å². The first-order chi connectivity index (χ1) is 7.27. The van der Waals surface area contributed by atoms with Gasteiger partial charge in [-0.3, -0.25) is 9.89 Å². The number of aromatic amines is 1. The van der Waals surface area contributed by atoms with Crippen molar-refractivity contribution >= 4 is 17.7 Å². The van der Waals surface area contributed by atoms with Gasteiger partial charge in [-0.25, -0.2) is 4.98 Å². The van der Waals surface area contributed by atoms with E-state index in [0.29, 0.717) is 6.54 Å². The summed E-state index contributed by atoms with van der Waals surface area (Å²) in [5, 5.41) is 9.36. The zero-order chi connectivity index (χ0) is 11.1. The molecule has 0 bridgehead atoms. The van der Waals surface area contributed by atoms with Gasteiger partial charge in [0.05, 0.1) is 0 Å². The van der Waals surface area contributed by atoms with Crippen LogP contribution in [0.1, 0.15) is 29.8 Å². The van der Waals surface area contributed by atoms with Gasteiger partial charge in [0.1, 0.15) is 5.82 Å². The molecule has 0 aliphatic heterocycles. The van der Waals surface area contributed by atoms with E-state index in [2.05, 4.69) is 27.4 Å². The van der Waals surface area contributed by atoms with Gasteiger partial charge >= 0.3 is 0 Å². The number of nitrogens with zero attached hydrogens (tertiary/aromatic N) is 2. The Morgan fingerprint density at radius 3 is 3.07 bits per heavy atom. The van der Waals surface area contributed by atoms with Gasteiger partial charge in [-0.15, -0.1) is 5.10 Å². The summed E-state index contributed by atoms with van der Waals surface area (Å²) in [5.41, 5.74) is 0. The van der Waals surface area contributed by atoms with Gasteiger partial charge in [0.2, 0.25) is 5.82 Å². The molecule has 0 spiro atoms. The minimum absolute atomic E-state index is 0.206. The van der Waals surface area contributed by atoms with Crippen LogP contribution in [0.2, 0.25) is 0 Å². The molecule has 1 amide bonds. The highest BCUT2D eigenvalue weighted by atomic mass is 32.2. The second kappa shape index (κ2) is 6.44. The molecule has 1 rings (SSSR count). The maximum Gasteiger partial charge on any atom is 0.290 e. The summed E-state index contributed by atoms with van der Waals surface area (Å²) in [5.74, 6) is 1.70. The number of carbonyl (C=O) groups excluding carboxylic acids is 1. The summed E-state index contributed by atoms with van der Waals surface area (Å²) in [7, 11) is 0. The maximum atomic E-state index is 11.5. The molecule has 0 atom stereocenters. The molecule has 0 fully saturated rings. The topological polar surface area (TPSA) is 70.7 Å². The zero-order valence-electron chi connectivity index (χ0n) is 9.04. The number of carbonyl (C=O) groups is 1. The maximum absolute atomic E-state index is 11.5. The number of thioether (sulfide) groups is 1. The number of H-pyrrole nitrogens is 1. The molecular formula is C9H16N4OS. The van der Waals surface area contributed by atoms with Crippen molar-refractivity contribution in [3.05, 3.63) is 11.6 Å². The van der Waals surface area contributed by atoms with Crippen molar-refractivity contribution in [2.45, 2.75) is 19.8 Å². The van der Waals surface area contributed by atoms with E-state index in [1.807, 2.05) is 6.26 Å². The molecule has 0 saturated heterocycles. The van der Waals surface area contributed by atoms with E-state index >= 15 is 0 Å². The Bertz CT molecular complexity index is 313. The van der Waals surface area contributed by atoms with Crippen LogP contribution in [0.3, 0.4) is 0 Å². The van der Waals surface area contributed by atoms with E-state index in [-0.39, 0.29) is 11.7 Å². The van der Waals surface area contributed by atoms with E-state index in [9.17, 15) is 4.79 Å². The average molecular weight is 228 g/mol. The van der Waals surface area contributed by atoms with Gasteiger partial charge in [0, 0.05) is 18.7 Å². The Kier molecular flexibility index (Phi) is 5.17. The lowest BCUT2D eigenvalue weighted by Gasteiger charge is -1.99. The van der Waals surface area contributed by atoms with Gasteiger partial charge in [-0.05, 0) is 12.7 Å². The van der Waals surface area contributed by atoms with Crippen LogP contribution in [0, 0.1) is 0 Å². The lowest BCUT2D eigenvalue weighted by molar-refractivity contribution is 0.0946. The molecule has 0 unspecified atom stereocenters. The molecule has 15 heavy (non-hydrogen) atoms. The van der Waals surface area contributed by atoms with Gasteiger partial charge in [0.25, 0.3) is 5.91 Å². The van der Waals surface area contributed by atoms with Crippen molar-refractivity contribution in [3.8, 4) is 0 Å². The molecule has 2 N–H and O–H groups in total. The summed E-state index contributed by atoms with van der Waals surface area (Å²) in [6.07, 6.45) is 3.81. The van der Waals surface area contributed by atoms with Crippen molar-refractivity contribution in [2.24, 2.45) is 0 Å². The molecular weight excluding hydrogens is 212 g/mol. The highest BCUT2D eigenvalue weighted by molar-refractivity contribution is 7.98. The van der Waals surface area contributed by atoms with Gasteiger partial charge in [0.15, 0.2) is 0 Å². The molecule has 5 nitrogen and oxygen atoms in total. The van der Waals surface area contributed by atoms with Gasteiger partial charge < -0.3 is 5.32 Å². The van der Waals surface area contributed by atoms with Crippen molar-refractivity contribution in [1.29, 1.82) is 0 Å². The number of hydrogen-bond acceptors (Lipinski definition) is 4. The third kappa shape index (κ3) is 3.91. The SMILES string of the molecule is CCCc1nc(C(=O)NCCSC)n[nH]1. The van der Waals surface area contributed by atoms with Crippen molar-refractivity contribution in [3.63, 3.8) is 0 Å². The first-order valence-electron chi connectivity index (χ1n) is 4.96. The van der Waals surface area contributed by atoms with E-state index < -0.39 is 0 Å². The molecule has 84 valence electrons. The van der Waals surface area contributed by atoms with Crippen LogP contribution < -0.4 is 5.32 Å². The highest BCUT2D eigenvalue weighted by Gasteiger charge is 2.10. The summed E-state index contributed by atoms with van der Waals surface area (Å²) in [6, 6.07) is 0.